The maximum Gasteiger partial charge on any atom is 0.315 e. The maximum atomic E-state index is 13.2. The first-order valence-electron chi connectivity index (χ1n) is 10.3. The van der Waals surface area contributed by atoms with Crippen LogP contribution >= 0.6 is 0 Å². The molecule has 1 saturated carbocycles. The van der Waals surface area contributed by atoms with Gasteiger partial charge in [0.1, 0.15) is 6.04 Å². The van der Waals surface area contributed by atoms with Crippen LogP contribution in [0.25, 0.3) is 0 Å². The lowest BCUT2D eigenvalue weighted by atomic mass is 9.76. The first kappa shape index (κ1) is 17.5. The minimum atomic E-state index is -0.499. The van der Waals surface area contributed by atoms with Gasteiger partial charge >= 0.3 is 6.03 Å². The van der Waals surface area contributed by atoms with Gasteiger partial charge in [0.2, 0.25) is 11.8 Å². The fraction of sp³-hybridized carbons (Fsp3) is 0.684. The quantitative estimate of drug-likeness (QED) is 0.669. The number of carbonyl (C=O) groups excluding carboxylic acids is 3. The fourth-order valence-corrected chi connectivity index (χ4v) is 5.10. The highest BCUT2D eigenvalue weighted by Gasteiger charge is 2.51. The summed E-state index contributed by atoms with van der Waals surface area (Å²) in [6, 6.07) is -0.792. The van der Waals surface area contributed by atoms with E-state index >= 15 is 0 Å². The number of aromatic amines is 1. The molecule has 0 unspecified atom stereocenters. The highest BCUT2D eigenvalue weighted by molar-refractivity contribution is 5.90. The lowest BCUT2D eigenvalue weighted by Crippen LogP contribution is -2.61. The van der Waals surface area contributed by atoms with Crippen LogP contribution in [0.4, 0.5) is 4.79 Å². The zero-order valence-electron chi connectivity index (χ0n) is 15.9. The van der Waals surface area contributed by atoms with Crippen molar-refractivity contribution in [3.63, 3.8) is 0 Å². The Balaban J connectivity index is 1.37. The summed E-state index contributed by atoms with van der Waals surface area (Å²) in [6.07, 6.45) is 7.00. The largest absolute Gasteiger partial charge is 0.348 e. The third kappa shape index (κ3) is 2.59. The van der Waals surface area contributed by atoms with E-state index in [9.17, 15) is 14.4 Å². The molecule has 4 amide bonds. The van der Waals surface area contributed by atoms with Gasteiger partial charge in [-0.2, -0.15) is 0 Å². The van der Waals surface area contributed by atoms with Crippen molar-refractivity contribution in [2.24, 2.45) is 5.92 Å². The molecule has 1 spiro atoms. The lowest BCUT2D eigenvalue weighted by molar-refractivity contribution is -0.151. The third-order valence-corrected chi connectivity index (χ3v) is 6.95. The molecule has 1 atom stereocenters. The Morgan fingerprint density at radius 1 is 1.14 bits per heavy atom. The van der Waals surface area contributed by atoms with Gasteiger partial charge in [0.25, 0.3) is 0 Å². The minimum Gasteiger partial charge on any atom is -0.348 e. The second kappa shape index (κ2) is 6.49. The number of imidazole rings is 1. The predicted molar refractivity (Wildman–Crippen MR) is 99.2 cm³/mol. The number of hydrogen-bond donors (Lipinski definition) is 3. The summed E-state index contributed by atoms with van der Waals surface area (Å²) in [7, 11) is 0. The van der Waals surface area contributed by atoms with Gasteiger partial charge in [-0.15, -0.1) is 0 Å². The van der Waals surface area contributed by atoms with E-state index in [-0.39, 0.29) is 23.8 Å². The number of hydrogen-bond acceptors (Lipinski definition) is 4. The molecule has 4 aliphatic rings. The van der Waals surface area contributed by atoms with Gasteiger partial charge in [-0.05, 0) is 25.7 Å². The van der Waals surface area contributed by atoms with Crippen molar-refractivity contribution in [2.75, 3.05) is 26.2 Å². The van der Waals surface area contributed by atoms with Gasteiger partial charge in [-0.25, -0.2) is 9.78 Å². The molecule has 150 valence electrons. The standard InChI is InChI=1S/C19H26N6O3/c26-16(12-2-1-3-12)25-7-4-13-15(22-11-21-13)19(25)5-8-24(9-6-19)17(27)14-10-20-18(28)23-14/h11-12,14H,1-10H2,(H,21,22)(H2,20,23,28)/t14-/m0/s1. The Hall–Kier alpha value is -2.58. The second-order valence-corrected chi connectivity index (χ2v) is 8.36. The maximum absolute atomic E-state index is 13.2. The highest BCUT2D eigenvalue weighted by Crippen LogP contribution is 2.44. The van der Waals surface area contributed by atoms with Gasteiger partial charge in [-0.1, -0.05) is 6.42 Å². The Bertz CT molecular complexity index is 808. The SMILES string of the molecule is O=C1NC[C@@H](C(=O)N2CCC3(CC2)c2nc[nH]c2CCN3C(=O)C2CCC2)N1. The number of amides is 4. The van der Waals surface area contributed by atoms with Crippen molar-refractivity contribution < 1.29 is 14.4 Å². The molecule has 0 bridgehead atoms. The van der Waals surface area contributed by atoms with Crippen molar-refractivity contribution in [3.05, 3.63) is 17.7 Å². The molecule has 1 aromatic rings. The van der Waals surface area contributed by atoms with Gasteiger partial charge in [0.15, 0.2) is 0 Å². The van der Waals surface area contributed by atoms with Gasteiger partial charge in [-0.3, -0.25) is 9.59 Å². The monoisotopic (exact) mass is 386 g/mol. The molecule has 2 saturated heterocycles. The number of nitrogens with one attached hydrogen (secondary N) is 3. The molecule has 1 aliphatic carbocycles. The van der Waals surface area contributed by atoms with Crippen LogP contribution in [0.15, 0.2) is 6.33 Å². The van der Waals surface area contributed by atoms with E-state index in [0.29, 0.717) is 39.0 Å². The topological polar surface area (TPSA) is 110 Å². The van der Waals surface area contributed by atoms with E-state index in [4.69, 9.17) is 0 Å². The van der Waals surface area contributed by atoms with Crippen molar-refractivity contribution in [1.82, 2.24) is 30.4 Å². The van der Waals surface area contributed by atoms with Gasteiger partial charge in [0, 0.05) is 44.2 Å². The molecule has 3 N–H and O–H groups in total. The number of fused-ring (bicyclic) bond motifs is 2. The molecule has 9 heteroatoms. The summed E-state index contributed by atoms with van der Waals surface area (Å²) in [5, 5.41) is 5.31. The van der Waals surface area contributed by atoms with Crippen LogP contribution in [0.2, 0.25) is 0 Å². The zero-order chi connectivity index (χ0) is 19.3. The molecular weight excluding hydrogens is 360 g/mol. The summed E-state index contributed by atoms with van der Waals surface area (Å²) in [5.41, 5.74) is 1.67. The van der Waals surface area contributed by atoms with E-state index in [2.05, 4.69) is 25.5 Å². The summed E-state index contributed by atoms with van der Waals surface area (Å²) >= 11 is 0. The number of H-pyrrole nitrogens is 1. The Morgan fingerprint density at radius 2 is 1.93 bits per heavy atom. The summed E-state index contributed by atoms with van der Waals surface area (Å²) in [5.74, 6) is 0.354. The van der Waals surface area contributed by atoms with E-state index in [1.54, 1.807) is 6.33 Å². The van der Waals surface area contributed by atoms with Crippen LogP contribution in [-0.2, 0) is 21.5 Å². The lowest BCUT2D eigenvalue weighted by Gasteiger charge is -2.52. The molecule has 3 aliphatic heterocycles. The van der Waals surface area contributed by atoms with E-state index in [1.807, 2.05) is 4.90 Å². The average Bonchev–Trinajstić information content (AvgIpc) is 3.30. The molecule has 3 fully saturated rings. The van der Waals surface area contributed by atoms with Crippen LogP contribution < -0.4 is 10.6 Å². The molecule has 1 aromatic heterocycles. The molecule has 0 aromatic carbocycles. The summed E-state index contributed by atoms with van der Waals surface area (Å²) in [6.45, 7) is 2.16. The van der Waals surface area contributed by atoms with Crippen molar-refractivity contribution >= 4 is 17.8 Å². The molecule has 9 nitrogen and oxygen atoms in total. The second-order valence-electron chi connectivity index (χ2n) is 8.36. The smallest absolute Gasteiger partial charge is 0.315 e. The number of carbonyl (C=O) groups is 3. The summed E-state index contributed by atoms with van der Waals surface area (Å²) < 4.78 is 0. The Labute approximate surface area is 163 Å². The summed E-state index contributed by atoms with van der Waals surface area (Å²) in [4.78, 5) is 49.1. The Morgan fingerprint density at radius 3 is 2.57 bits per heavy atom. The average molecular weight is 386 g/mol. The number of nitrogens with zero attached hydrogens (tertiary/aromatic N) is 3. The van der Waals surface area contributed by atoms with Crippen LogP contribution in [0.1, 0.15) is 43.5 Å². The van der Waals surface area contributed by atoms with Crippen LogP contribution in [0.5, 0.6) is 0 Å². The van der Waals surface area contributed by atoms with Gasteiger partial charge in [0.05, 0.1) is 17.6 Å². The van der Waals surface area contributed by atoms with Gasteiger partial charge < -0.3 is 25.4 Å². The zero-order valence-corrected chi connectivity index (χ0v) is 15.9. The number of rotatable bonds is 2. The van der Waals surface area contributed by atoms with Crippen LogP contribution in [-0.4, -0.2) is 69.8 Å². The molecule has 5 rings (SSSR count). The van der Waals surface area contributed by atoms with E-state index in [1.165, 1.54) is 0 Å². The minimum absolute atomic E-state index is 0.0527. The first-order chi connectivity index (χ1) is 13.6. The van der Waals surface area contributed by atoms with Crippen LogP contribution in [0, 0.1) is 5.92 Å². The number of urea groups is 1. The molecule has 28 heavy (non-hydrogen) atoms. The first-order valence-corrected chi connectivity index (χ1v) is 10.3. The normalized spacial score (nSPS) is 26.4. The third-order valence-electron chi connectivity index (χ3n) is 6.95. The predicted octanol–water partition coefficient (Wildman–Crippen LogP) is 0.0936. The molecular formula is C19H26N6O3. The molecule has 4 heterocycles. The Kier molecular flexibility index (Phi) is 4.06. The van der Waals surface area contributed by atoms with Crippen LogP contribution in [0.3, 0.4) is 0 Å². The van der Waals surface area contributed by atoms with Crippen molar-refractivity contribution in [1.29, 1.82) is 0 Å². The van der Waals surface area contributed by atoms with E-state index in [0.717, 1.165) is 37.1 Å². The highest BCUT2D eigenvalue weighted by atomic mass is 16.2. The van der Waals surface area contributed by atoms with E-state index < -0.39 is 11.6 Å². The van der Waals surface area contributed by atoms with Crippen molar-refractivity contribution in [2.45, 2.75) is 50.1 Å². The number of aromatic nitrogens is 2. The van der Waals surface area contributed by atoms with Crippen molar-refractivity contribution in [3.8, 4) is 0 Å². The fourth-order valence-electron chi connectivity index (χ4n) is 5.10. The number of piperidine rings is 1. The molecule has 0 radical (unpaired) electrons. The number of likely N-dealkylation sites (tertiary alicyclic amines) is 1.